The topological polar surface area (TPSA) is 99.1 Å². The number of hydrogen-bond acceptors (Lipinski definition) is 6. The van der Waals surface area contributed by atoms with Crippen molar-refractivity contribution >= 4 is 27.4 Å². The third-order valence-electron chi connectivity index (χ3n) is 5.27. The van der Waals surface area contributed by atoms with E-state index in [1.54, 1.807) is 18.2 Å². The molecule has 2 aliphatic rings. The molecule has 1 saturated carbocycles. The highest BCUT2D eigenvalue weighted by Crippen LogP contribution is 2.65. The van der Waals surface area contributed by atoms with Gasteiger partial charge in [-0.2, -0.15) is 0 Å². The van der Waals surface area contributed by atoms with Crippen molar-refractivity contribution in [3.05, 3.63) is 53.1 Å². The molecular formula is C19H17ClO7S. The molecule has 28 heavy (non-hydrogen) atoms. The van der Waals surface area contributed by atoms with Crippen LogP contribution in [0, 0.1) is 5.41 Å². The van der Waals surface area contributed by atoms with E-state index < -0.39 is 32.4 Å². The molecule has 1 heterocycles. The van der Waals surface area contributed by atoms with Crippen molar-refractivity contribution in [2.75, 3.05) is 20.5 Å². The minimum atomic E-state index is -3.96. The standard InChI is InChI=1S/C19H17ClO7S/c1-25-9-19(18(21)22)16(11-2-7-14-15(8-11)27-10-26-14)17(19)28(23,24)13-5-3-12(20)4-6-13/h2-8,16-17H,9-10H2,1H3,(H,21,22)/t16-,17-,19+/m0/s1. The number of aliphatic carboxylic acids is 1. The molecule has 0 amide bonds. The minimum absolute atomic E-state index is 0.0203. The first kappa shape index (κ1) is 19.0. The second-order valence-corrected chi connectivity index (χ2v) is 9.29. The fourth-order valence-electron chi connectivity index (χ4n) is 3.94. The van der Waals surface area contributed by atoms with Crippen molar-refractivity contribution in [3.63, 3.8) is 0 Å². The average molecular weight is 425 g/mol. The summed E-state index contributed by atoms with van der Waals surface area (Å²) in [5.41, 5.74) is -1.05. The Balaban J connectivity index is 1.81. The number of halogens is 1. The number of hydrogen-bond donors (Lipinski definition) is 1. The second-order valence-electron chi connectivity index (χ2n) is 6.79. The molecule has 2 aromatic carbocycles. The van der Waals surface area contributed by atoms with Gasteiger partial charge in [0.2, 0.25) is 6.79 Å². The Kier molecular flexibility index (Phi) is 4.52. The monoisotopic (exact) mass is 424 g/mol. The molecule has 9 heteroatoms. The van der Waals surface area contributed by atoms with E-state index in [1.807, 2.05) is 0 Å². The maximum absolute atomic E-state index is 13.3. The van der Waals surface area contributed by atoms with Crippen LogP contribution in [0.15, 0.2) is 47.4 Å². The van der Waals surface area contributed by atoms with Gasteiger partial charge in [0.1, 0.15) is 5.41 Å². The molecule has 0 spiro atoms. The van der Waals surface area contributed by atoms with Gasteiger partial charge in [-0.05, 0) is 42.0 Å². The maximum Gasteiger partial charge on any atom is 0.314 e. The number of rotatable bonds is 6. The van der Waals surface area contributed by atoms with Crippen LogP contribution >= 0.6 is 11.6 Å². The van der Waals surface area contributed by atoms with Crippen LogP contribution in [0.2, 0.25) is 5.02 Å². The summed E-state index contributed by atoms with van der Waals surface area (Å²) in [6, 6.07) is 10.6. The van der Waals surface area contributed by atoms with Crippen molar-refractivity contribution in [3.8, 4) is 11.5 Å². The second kappa shape index (κ2) is 6.65. The van der Waals surface area contributed by atoms with E-state index in [9.17, 15) is 18.3 Å². The Labute approximate surface area is 166 Å². The molecule has 148 valence electrons. The van der Waals surface area contributed by atoms with Crippen LogP contribution < -0.4 is 9.47 Å². The molecule has 0 unspecified atom stereocenters. The largest absolute Gasteiger partial charge is 0.481 e. The highest BCUT2D eigenvalue weighted by molar-refractivity contribution is 7.92. The van der Waals surface area contributed by atoms with Crippen LogP contribution in [-0.2, 0) is 19.4 Å². The highest BCUT2D eigenvalue weighted by Gasteiger charge is 2.76. The predicted octanol–water partition coefficient (Wildman–Crippen LogP) is 2.73. The van der Waals surface area contributed by atoms with Crippen molar-refractivity contribution in [1.29, 1.82) is 0 Å². The molecule has 1 N–H and O–H groups in total. The first-order valence-electron chi connectivity index (χ1n) is 8.43. The van der Waals surface area contributed by atoms with Crippen LogP contribution in [-0.4, -0.2) is 45.3 Å². The van der Waals surface area contributed by atoms with Gasteiger partial charge in [-0.25, -0.2) is 8.42 Å². The summed E-state index contributed by atoms with van der Waals surface area (Å²) >= 11 is 5.86. The lowest BCUT2D eigenvalue weighted by molar-refractivity contribution is -0.145. The minimum Gasteiger partial charge on any atom is -0.481 e. The van der Waals surface area contributed by atoms with Gasteiger partial charge in [0.25, 0.3) is 0 Å². The Morgan fingerprint density at radius 2 is 1.89 bits per heavy atom. The van der Waals surface area contributed by atoms with Crippen LogP contribution in [0.5, 0.6) is 11.5 Å². The summed E-state index contributed by atoms with van der Waals surface area (Å²) in [5, 5.41) is 9.17. The van der Waals surface area contributed by atoms with Crippen molar-refractivity contribution in [2.45, 2.75) is 16.1 Å². The van der Waals surface area contributed by atoms with Crippen molar-refractivity contribution < 1.29 is 32.5 Å². The van der Waals surface area contributed by atoms with E-state index in [1.165, 1.54) is 31.4 Å². The molecule has 4 rings (SSSR count). The Morgan fingerprint density at radius 1 is 1.21 bits per heavy atom. The maximum atomic E-state index is 13.3. The SMILES string of the molecule is COC[C@@]1(C(=O)O)[C@@H](c2ccc3c(c2)OCO3)[C@@H]1S(=O)(=O)c1ccc(Cl)cc1. The van der Waals surface area contributed by atoms with E-state index >= 15 is 0 Å². The molecule has 1 fully saturated rings. The molecule has 0 bridgehead atoms. The average Bonchev–Trinajstić information content (AvgIpc) is 3.13. The van der Waals surface area contributed by atoms with Gasteiger partial charge >= 0.3 is 5.97 Å². The van der Waals surface area contributed by atoms with Gasteiger partial charge in [0, 0.05) is 18.1 Å². The van der Waals surface area contributed by atoms with Gasteiger partial charge in [-0.3, -0.25) is 4.79 Å². The normalized spacial score (nSPS) is 25.5. The Bertz CT molecular complexity index is 1030. The zero-order chi connectivity index (χ0) is 20.1. The first-order valence-corrected chi connectivity index (χ1v) is 10.4. The molecule has 1 aliphatic carbocycles. The third kappa shape index (κ3) is 2.75. The van der Waals surface area contributed by atoms with Crippen LogP contribution in [0.25, 0.3) is 0 Å². The first-order chi connectivity index (χ1) is 13.3. The van der Waals surface area contributed by atoms with E-state index in [4.69, 9.17) is 25.8 Å². The van der Waals surface area contributed by atoms with Gasteiger partial charge in [0.15, 0.2) is 21.3 Å². The predicted molar refractivity (Wildman–Crippen MR) is 99.7 cm³/mol. The molecule has 0 saturated heterocycles. The van der Waals surface area contributed by atoms with E-state index in [0.29, 0.717) is 22.1 Å². The van der Waals surface area contributed by atoms with E-state index in [2.05, 4.69) is 0 Å². The fourth-order valence-corrected chi connectivity index (χ4v) is 6.42. The number of fused-ring (bicyclic) bond motifs is 1. The van der Waals surface area contributed by atoms with E-state index in [-0.39, 0.29) is 18.3 Å². The van der Waals surface area contributed by atoms with Gasteiger partial charge < -0.3 is 19.3 Å². The lowest BCUT2D eigenvalue weighted by Gasteiger charge is -2.12. The highest BCUT2D eigenvalue weighted by atomic mass is 35.5. The zero-order valence-electron chi connectivity index (χ0n) is 14.8. The van der Waals surface area contributed by atoms with Gasteiger partial charge in [-0.1, -0.05) is 17.7 Å². The Morgan fingerprint density at radius 3 is 2.54 bits per heavy atom. The summed E-state index contributed by atoms with van der Waals surface area (Å²) in [6.45, 7) is -0.170. The van der Waals surface area contributed by atoms with Crippen LogP contribution in [0.3, 0.4) is 0 Å². The van der Waals surface area contributed by atoms with E-state index in [0.717, 1.165) is 0 Å². The lowest BCUT2D eigenvalue weighted by Crippen LogP contribution is -2.28. The number of sulfone groups is 1. The summed E-state index contributed by atoms with van der Waals surface area (Å²) < 4.78 is 42.4. The third-order valence-corrected chi connectivity index (χ3v) is 7.81. The number of ether oxygens (including phenoxy) is 3. The number of benzene rings is 2. The molecule has 0 aromatic heterocycles. The van der Waals surface area contributed by atoms with Crippen LogP contribution in [0.4, 0.5) is 0 Å². The summed E-state index contributed by atoms with van der Waals surface area (Å²) in [7, 11) is -2.61. The molecule has 1 aliphatic heterocycles. The quantitative estimate of drug-likeness (QED) is 0.761. The van der Waals surface area contributed by atoms with Gasteiger partial charge in [0.05, 0.1) is 16.8 Å². The van der Waals surface area contributed by atoms with Crippen LogP contribution in [0.1, 0.15) is 11.5 Å². The lowest BCUT2D eigenvalue weighted by atomic mass is 9.99. The summed E-state index contributed by atoms with van der Waals surface area (Å²) in [6.07, 6.45) is 0. The molecule has 7 nitrogen and oxygen atoms in total. The number of carboxylic acid groups (broad SMARTS) is 1. The smallest absolute Gasteiger partial charge is 0.314 e. The molecule has 2 aromatic rings. The molecule has 0 radical (unpaired) electrons. The fraction of sp³-hybridized carbons (Fsp3) is 0.316. The van der Waals surface area contributed by atoms with Crippen molar-refractivity contribution in [1.82, 2.24) is 0 Å². The van der Waals surface area contributed by atoms with Gasteiger partial charge in [-0.15, -0.1) is 0 Å². The zero-order valence-corrected chi connectivity index (χ0v) is 16.4. The molecular weight excluding hydrogens is 408 g/mol. The Hall–Kier alpha value is -2.29. The summed E-state index contributed by atoms with van der Waals surface area (Å²) in [4.78, 5) is 12.2. The number of carbonyl (C=O) groups is 1. The van der Waals surface area contributed by atoms with Crippen molar-refractivity contribution in [2.24, 2.45) is 5.41 Å². The number of methoxy groups -OCH3 is 1. The summed E-state index contributed by atoms with van der Waals surface area (Å²) in [5.74, 6) is -1.02. The number of carboxylic acids is 1. The molecule has 3 atom stereocenters.